The molecule has 4 nitrogen and oxygen atoms in total. The van der Waals surface area contributed by atoms with Crippen molar-refractivity contribution < 1.29 is 8.78 Å². The maximum Gasteiger partial charge on any atom is 0.159 e. The van der Waals surface area contributed by atoms with Crippen LogP contribution in [0.2, 0.25) is 5.02 Å². The predicted molar refractivity (Wildman–Crippen MR) is 115 cm³/mol. The van der Waals surface area contributed by atoms with E-state index in [0.29, 0.717) is 28.9 Å². The van der Waals surface area contributed by atoms with Gasteiger partial charge in [0.25, 0.3) is 0 Å². The standard InChI is InChI=1S/C23H23ClF2N4/c24-19-14-28-17(10-15-6-8-27-9-7-15)12-18(19)22-2-1-3-23(30-22)29-13-16-4-5-20(25)21(26)11-16/h1-5,11-12,14-15,27H,6-10,13H2,(H,29,30). The van der Waals surface area contributed by atoms with Crippen LogP contribution >= 0.6 is 11.6 Å². The van der Waals surface area contributed by atoms with Crippen molar-refractivity contribution in [3.05, 3.63) is 76.6 Å². The van der Waals surface area contributed by atoms with E-state index in [9.17, 15) is 8.78 Å². The van der Waals surface area contributed by atoms with E-state index in [4.69, 9.17) is 11.6 Å². The fraction of sp³-hybridized carbons (Fsp3) is 0.304. The van der Waals surface area contributed by atoms with Crippen LogP contribution < -0.4 is 10.6 Å². The first-order chi connectivity index (χ1) is 14.6. The van der Waals surface area contributed by atoms with E-state index in [0.717, 1.165) is 55.4 Å². The summed E-state index contributed by atoms with van der Waals surface area (Å²) < 4.78 is 26.5. The molecule has 0 bridgehead atoms. The minimum absolute atomic E-state index is 0.332. The number of halogens is 3. The van der Waals surface area contributed by atoms with Gasteiger partial charge < -0.3 is 10.6 Å². The van der Waals surface area contributed by atoms with Gasteiger partial charge in [0.2, 0.25) is 0 Å². The Hall–Kier alpha value is -2.57. The van der Waals surface area contributed by atoms with Crippen LogP contribution in [-0.2, 0) is 13.0 Å². The first-order valence-electron chi connectivity index (χ1n) is 10.1. The quantitative estimate of drug-likeness (QED) is 0.564. The number of aromatic nitrogens is 2. The number of hydrogen-bond acceptors (Lipinski definition) is 4. The van der Waals surface area contributed by atoms with Crippen molar-refractivity contribution in [2.75, 3.05) is 18.4 Å². The van der Waals surface area contributed by atoms with E-state index in [1.54, 1.807) is 12.3 Å². The lowest BCUT2D eigenvalue weighted by Gasteiger charge is -2.22. The van der Waals surface area contributed by atoms with Gasteiger partial charge in [-0.15, -0.1) is 0 Å². The summed E-state index contributed by atoms with van der Waals surface area (Å²) in [4.78, 5) is 9.16. The molecule has 3 aromatic rings. The summed E-state index contributed by atoms with van der Waals surface area (Å²) in [5, 5.41) is 7.09. The van der Waals surface area contributed by atoms with Gasteiger partial charge in [-0.25, -0.2) is 13.8 Å². The Morgan fingerprint density at radius 2 is 1.90 bits per heavy atom. The fourth-order valence-corrected chi connectivity index (χ4v) is 3.90. The molecule has 0 atom stereocenters. The molecule has 2 N–H and O–H groups in total. The number of hydrogen-bond donors (Lipinski definition) is 2. The van der Waals surface area contributed by atoms with Crippen molar-refractivity contribution in [3.8, 4) is 11.3 Å². The van der Waals surface area contributed by atoms with Crippen LogP contribution in [0.25, 0.3) is 11.3 Å². The minimum Gasteiger partial charge on any atom is -0.366 e. The van der Waals surface area contributed by atoms with Crippen molar-refractivity contribution >= 4 is 17.4 Å². The number of benzene rings is 1. The van der Waals surface area contributed by atoms with Crippen molar-refractivity contribution in [1.82, 2.24) is 15.3 Å². The number of nitrogens with zero attached hydrogens (tertiary/aromatic N) is 2. The molecule has 1 aromatic carbocycles. The van der Waals surface area contributed by atoms with Crippen LogP contribution in [0.3, 0.4) is 0 Å². The molecular weight excluding hydrogens is 406 g/mol. The number of piperidine rings is 1. The molecule has 0 spiro atoms. The number of anilines is 1. The van der Waals surface area contributed by atoms with Gasteiger partial charge in [0.05, 0.1) is 10.7 Å². The molecule has 156 valence electrons. The van der Waals surface area contributed by atoms with Gasteiger partial charge >= 0.3 is 0 Å². The summed E-state index contributed by atoms with van der Waals surface area (Å²) >= 11 is 6.42. The molecule has 1 fully saturated rings. The van der Waals surface area contributed by atoms with Gasteiger partial charge in [0.1, 0.15) is 5.82 Å². The number of rotatable bonds is 6. The Morgan fingerprint density at radius 3 is 2.70 bits per heavy atom. The van der Waals surface area contributed by atoms with Crippen molar-refractivity contribution in [2.24, 2.45) is 5.92 Å². The first-order valence-corrected chi connectivity index (χ1v) is 10.5. The predicted octanol–water partition coefficient (Wildman–Crippen LogP) is 5.23. The molecule has 30 heavy (non-hydrogen) atoms. The number of pyridine rings is 2. The maximum absolute atomic E-state index is 13.4. The lowest BCUT2D eigenvalue weighted by Crippen LogP contribution is -2.28. The zero-order valence-electron chi connectivity index (χ0n) is 16.5. The molecule has 1 aliphatic heterocycles. The topological polar surface area (TPSA) is 49.8 Å². The average Bonchev–Trinajstić information content (AvgIpc) is 2.77. The smallest absolute Gasteiger partial charge is 0.159 e. The molecule has 0 radical (unpaired) electrons. The van der Waals surface area contributed by atoms with Gasteiger partial charge in [-0.1, -0.05) is 23.7 Å². The van der Waals surface area contributed by atoms with Crippen molar-refractivity contribution in [2.45, 2.75) is 25.8 Å². The second kappa shape index (κ2) is 9.49. The highest BCUT2D eigenvalue weighted by atomic mass is 35.5. The summed E-state index contributed by atoms with van der Waals surface area (Å²) in [5.41, 5.74) is 3.23. The second-order valence-electron chi connectivity index (χ2n) is 7.56. The Bertz CT molecular complexity index is 1020. The third-order valence-corrected chi connectivity index (χ3v) is 5.65. The van der Waals surface area contributed by atoms with E-state index in [1.165, 1.54) is 6.07 Å². The SMILES string of the molecule is Fc1ccc(CNc2cccc(-c3cc(CC4CCNCC4)ncc3Cl)n2)cc1F. The molecule has 0 amide bonds. The molecule has 1 saturated heterocycles. The molecule has 0 unspecified atom stereocenters. The molecule has 2 aromatic heterocycles. The molecule has 4 rings (SSSR count). The van der Waals surface area contributed by atoms with E-state index >= 15 is 0 Å². The molecule has 3 heterocycles. The average molecular weight is 429 g/mol. The third-order valence-electron chi connectivity index (χ3n) is 5.35. The van der Waals surface area contributed by atoms with Crippen molar-refractivity contribution in [3.63, 3.8) is 0 Å². The third kappa shape index (κ3) is 5.12. The molecule has 0 saturated carbocycles. The Balaban J connectivity index is 1.49. The summed E-state index contributed by atoms with van der Waals surface area (Å²) in [6.45, 7) is 2.44. The van der Waals surface area contributed by atoms with E-state index in [2.05, 4.69) is 20.6 Å². The molecule has 7 heteroatoms. The molecule has 0 aliphatic carbocycles. The van der Waals surface area contributed by atoms with Crippen LogP contribution in [0, 0.1) is 17.6 Å². The van der Waals surface area contributed by atoms with Crippen LogP contribution in [0.4, 0.5) is 14.6 Å². The summed E-state index contributed by atoms with van der Waals surface area (Å²) in [6.07, 6.45) is 4.93. The zero-order valence-corrected chi connectivity index (χ0v) is 17.2. The lowest BCUT2D eigenvalue weighted by atomic mass is 9.92. The monoisotopic (exact) mass is 428 g/mol. The van der Waals surface area contributed by atoms with Crippen LogP contribution in [0.5, 0.6) is 0 Å². The Labute approximate surface area is 179 Å². The van der Waals surface area contributed by atoms with E-state index < -0.39 is 11.6 Å². The van der Waals surface area contributed by atoms with Crippen LogP contribution in [-0.4, -0.2) is 23.1 Å². The highest BCUT2D eigenvalue weighted by Crippen LogP contribution is 2.29. The van der Waals surface area contributed by atoms with E-state index in [1.807, 2.05) is 24.3 Å². The maximum atomic E-state index is 13.4. The zero-order chi connectivity index (χ0) is 20.9. The Kier molecular flexibility index (Phi) is 6.55. The van der Waals surface area contributed by atoms with Gasteiger partial charge in [-0.2, -0.15) is 0 Å². The highest BCUT2D eigenvalue weighted by molar-refractivity contribution is 6.33. The van der Waals surface area contributed by atoms with Crippen LogP contribution in [0.15, 0.2) is 48.7 Å². The van der Waals surface area contributed by atoms with Gasteiger partial charge in [0.15, 0.2) is 11.6 Å². The van der Waals surface area contributed by atoms with Gasteiger partial charge in [-0.3, -0.25) is 4.98 Å². The van der Waals surface area contributed by atoms with Gasteiger partial charge in [-0.05, 0) is 74.2 Å². The molecule has 1 aliphatic rings. The molecular formula is C23H23ClF2N4. The fourth-order valence-electron chi connectivity index (χ4n) is 3.70. The van der Waals surface area contributed by atoms with Gasteiger partial charge in [0, 0.05) is 24.0 Å². The largest absolute Gasteiger partial charge is 0.366 e. The summed E-state index contributed by atoms with van der Waals surface area (Å²) in [7, 11) is 0. The summed E-state index contributed by atoms with van der Waals surface area (Å²) in [5.74, 6) is -0.456. The summed E-state index contributed by atoms with van der Waals surface area (Å²) in [6, 6.07) is 11.5. The second-order valence-corrected chi connectivity index (χ2v) is 7.97. The first kappa shape index (κ1) is 20.7. The lowest BCUT2D eigenvalue weighted by molar-refractivity contribution is 0.370. The number of nitrogens with one attached hydrogen (secondary N) is 2. The normalized spacial score (nSPS) is 14.6. The van der Waals surface area contributed by atoms with Crippen LogP contribution in [0.1, 0.15) is 24.1 Å². The Morgan fingerprint density at radius 1 is 1.07 bits per heavy atom. The van der Waals surface area contributed by atoms with Crippen molar-refractivity contribution in [1.29, 1.82) is 0 Å². The minimum atomic E-state index is -0.860. The van der Waals surface area contributed by atoms with E-state index in [-0.39, 0.29) is 0 Å². The highest BCUT2D eigenvalue weighted by Gasteiger charge is 2.16.